The summed E-state index contributed by atoms with van der Waals surface area (Å²) in [5.41, 5.74) is 2.45. The summed E-state index contributed by atoms with van der Waals surface area (Å²) in [6, 6.07) is 5.99. The van der Waals surface area contributed by atoms with Gasteiger partial charge in [-0.1, -0.05) is 25.4 Å². The second-order valence-electron chi connectivity index (χ2n) is 4.95. The molecule has 4 heteroatoms. The van der Waals surface area contributed by atoms with Crippen LogP contribution < -0.4 is 0 Å². The number of hydrogen-bond acceptors (Lipinski definition) is 2. The molecule has 0 aliphatic heterocycles. The predicted octanol–water partition coefficient (Wildman–Crippen LogP) is 4.45. The van der Waals surface area contributed by atoms with Gasteiger partial charge in [-0.15, -0.1) is 0 Å². The zero-order valence-corrected chi connectivity index (χ0v) is 11.7. The molecule has 0 aliphatic carbocycles. The third-order valence-electron chi connectivity index (χ3n) is 3.29. The summed E-state index contributed by atoms with van der Waals surface area (Å²) in [6.07, 6.45) is 5.43. The summed E-state index contributed by atoms with van der Waals surface area (Å²) in [5, 5.41) is 1.97. The van der Waals surface area contributed by atoms with E-state index in [1.807, 2.05) is 18.2 Å². The van der Waals surface area contributed by atoms with Crippen LogP contribution in [0, 0.1) is 0 Å². The van der Waals surface area contributed by atoms with Gasteiger partial charge in [0.05, 0.1) is 12.7 Å². The predicted molar refractivity (Wildman–Crippen MR) is 76.6 cm³/mol. The second-order valence-corrected chi connectivity index (χ2v) is 5.39. The van der Waals surface area contributed by atoms with E-state index in [2.05, 4.69) is 29.6 Å². The minimum absolute atomic E-state index is 0.451. The molecule has 0 radical (unpaired) electrons. The highest BCUT2D eigenvalue weighted by atomic mass is 35.5. The molecule has 19 heavy (non-hydrogen) atoms. The van der Waals surface area contributed by atoms with Crippen molar-refractivity contribution < 1.29 is 4.42 Å². The van der Waals surface area contributed by atoms with Crippen LogP contribution in [0.25, 0.3) is 10.9 Å². The zero-order chi connectivity index (χ0) is 13.4. The number of benzene rings is 1. The molecule has 0 unspecified atom stereocenters. The first-order chi connectivity index (χ1) is 9.15. The summed E-state index contributed by atoms with van der Waals surface area (Å²) in [4.78, 5) is 4.18. The van der Waals surface area contributed by atoms with Crippen LogP contribution in [-0.2, 0) is 6.54 Å². The summed E-state index contributed by atoms with van der Waals surface area (Å²) < 4.78 is 7.48. The van der Waals surface area contributed by atoms with E-state index in [1.54, 1.807) is 12.5 Å². The SMILES string of the molecule is CC(C)c1cn(Cc2ncco2)c2ccc(Cl)cc12. The van der Waals surface area contributed by atoms with Crippen molar-refractivity contribution in [3.8, 4) is 0 Å². The molecule has 3 aromatic rings. The van der Waals surface area contributed by atoms with Gasteiger partial charge in [0, 0.05) is 22.1 Å². The first-order valence-corrected chi connectivity index (χ1v) is 6.69. The number of halogens is 1. The molecule has 0 aliphatic rings. The van der Waals surface area contributed by atoms with Gasteiger partial charge < -0.3 is 8.98 Å². The van der Waals surface area contributed by atoms with E-state index in [1.165, 1.54) is 10.9 Å². The van der Waals surface area contributed by atoms with Crippen LogP contribution in [0.15, 0.2) is 41.3 Å². The zero-order valence-electron chi connectivity index (χ0n) is 10.9. The fraction of sp³-hybridized carbons (Fsp3) is 0.267. The van der Waals surface area contributed by atoms with Gasteiger partial charge in [0.15, 0.2) is 0 Å². The standard InChI is InChI=1S/C15H15ClN2O/c1-10(2)13-8-18(9-15-17-5-6-19-15)14-4-3-11(16)7-12(13)14/h3-8,10H,9H2,1-2H3. The van der Waals surface area contributed by atoms with Crippen LogP contribution >= 0.6 is 11.6 Å². The van der Waals surface area contributed by atoms with Gasteiger partial charge in [0.1, 0.15) is 6.26 Å². The van der Waals surface area contributed by atoms with Gasteiger partial charge in [-0.2, -0.15) is 0 Å². The topological polar surface area (TPSA) is 31.0 Å². The lowest BCUT2D eigenvalue weighted by Crippen LogP contribution is -1.97. The third-order valence-corrected chi connectivity index (χ3v) is 3.52. The molecule has 2 heterocycles. The smallest absolute Gasteiger partial charge is 0.213 e. The normalized spacial score (nSPS) is 11.6. The van der Waals surface area contributed by atoms with E-state index >= 15 is 0 Å². The fourth-order valence-electron chi connectivity index (χ4n) is 2.36. The number of hydrogen-bond donors (Lipinski definition) is 0. The average molecular weight is 275 g/mol. The highest BCUT2D eigenvalue weighted by Gasteiger charge is 2.13. The number of rotatable bonds is 3. The van der Waals surface area contributed by atoms with Gasteiger partial charge >= 0.3 is 0 Å². The molecular formula is C15H15ClN2O. The van der Waals surface area contributed by atoms with E-state index in [4.69, 9.17) is 16.0 Å². The molecule has 2 aromatic heterocycles. The number of oxazole rings is 1. The van der Waals surface area contributed by atoms with E-state index in [0.717, 1.165) is 10.5 Å². The Morgan fingerprint density at radius 1 is 1.37 bits per heavy atom. The Bertz CT molecular complexity index is 698. The van der Waals surface area contributed by atoms with Crippen LogP contribution in [0.5, 0.6) is 0 Å². The molecule has 0 saturated heterocycles. The maximum absolute atomic E-state index is 6.11. The Hall–Kier alpha value is -1.74. The lowest BCUT2D eigenvalue weighted by Gasteiger charge is -2.02. The minimum atomic E-state index is 0.451. The van der Waals surface area contributed by atoms with Gasteiger partial charge in [-0.3, -0.25) is 0 Å². The molecule has 3 nitrogen and oxygen atoms in total. The van der Waals surface area contributed by atoms with Crippen molar-refractivity contribution in [3.05, 3.63) is 53.3 Å². The van der Waals surface area contributed by atoms with Crippen molar-refractivity contribution in [2.75, 3.05) is 0 Å². The van der Waals surface area contributed by atoms with Crippen LogP contribution in [0.4, 0.5) is 0 Å². The van der Waals surface area contributed by atoms with Crippen LogP contribution in [0.2, 0.25) is 5.02 Å². The number of fused-ring (bicyclic) bond motifs is 1. The van der Waals surface area contributed by atoms with Gasteiger partial charge in [0.25, 0.3) is 0 Å². The summed E-state index contributed by atoms with van der Waals surface area (Å²) >= 11 is 6.11. The molecule has 0 saturated carbocycles. The Balaban J connectivity index is 2.14. The van der Waals surface area contributed by atoms with Crippen LogP contribution in [0.1, 0.15) is 31.2 Å². The quantitative estimate of drug-likeness (QED) is 0.706. The Kier molecular flexibility index (Phi) is 3.07. The fourth-order valence-corrected chi connectivity index (χ4v) is 2.54. The summed E-state index contributed by atoms with van der Waals surface area (Å²) in [5.74, 6) is 1.16. The van der Waals surface area contributed by atoms with E-state index in [-0.39, 0.29) is 0 Å². The molecule has 98 valence electrons. The van der Waals surface area contributed by atoms with Crippen LogP contribution in [0.3, 0.4) is 0 Å². The van der Waals surface area contributed by atoms with Crippen molar-refractivity contribution in [2.24, 2.45) is 0 Å². The average Bonchev–Trinajstić information content (AvgIpc) is 2.97. The molecule has 3 rings (SSSR count). The largest absolute Gasteiger partial charge is 0.447 e. The minimum Gasteiger partial charge on any atom is -0.447 e. The molecule has 0 N–H and O–H groups in total. The first kappa shape index (κ1) is 12.3. The highest BCUT2D eigenvalue weighted by molar-refractivity contribution is 6.31. The van der Waals surface area contributed by atoms with Crippen molar-refractivity contribution in [2.45, 2.75) is 26.3 Å². The maximum atomic E-state index is 6.11. The van der Waals surface area contributed by atoms with Crippen molar-refractivity contribution in [3.63, 3.8) is 0 Å². The van der Waals surface area contributed by atoms with Crippen molar-refractivity contribution in [1.29, 1.82) is 0 Å². The molecule has 0 spiro atoms. The highest BCUT2D eigenvalue weighted by Crippen LogP contribution is 2.30. The van der Waals surface area contributed by atoms with E-state index in [0.29, 0.717) is 18.4 Å². The molecule has 1 aromatic carbocycles. The Labute approximate surface area is 116 Å². The number of aromatic nitrogens is 2. The second kappa shape index (κ2) is 4.74. The van der Waals surface area contributed by atoms with Gasteiger partial charge in [0.2, 0.25) is 5.89 Å². The van der Waals surface area contributed by atoms with Crippen LogP contribution in [-0.4, -0.2) is 9.55 Å². The van der Waals surface area contributed by atoms with E-state index < -0.39 is 0 Å². The molecule has 0 amide bonds. The van der Waals surface area contributed by atoms with Gasteiger partial charge in [-0.05, 0) is 29.7 Å². The summed E-state index contributed by atoms with van der Waals surface area (Å²) in [7, 11) is 0. The van der Waals surface area contributed by atoms with E-state index in [9.17, 15) is 0 Å². The maximum Gasteiger partial charge on any atom is 0.213 e. The Morgan fingerprint density at radius 2 is 2.21 bits per heavy atom. The number of nitrogens with zero attached hydrogens (tertiary/aromatic N) is 2. The molecule has 0 fully saturated rings. The third kappa shape index (κ3) is 2.26. The lowest BCUT2D eigenvalue weighted by atomic mass is 10.0. The Morgan fingerprint density at radius 3 is 2.89 bits per heavy atom. The summed E-state index contributed by atoms with van der Waals surface area (Å²) in [6.45, 7) is 5.01. The molecule has 0 bridgehead atoms. The first-order valence-electron chi connectivity index (χ1n) is 6.32. The lowest BCUT2D eigenvalue weighted by molar-refractivity contribution is 0.481. The van der Waals surface area contributed by atoms with Crippen molar-refractivity contribution in [1.82, 2.24) is 9.55 Å². The van der Waals surface area contributed by atoms with Gasteiger partial charge in [-0.25, -0.2) is 4.98 Å². The molecular weight excluding hydrogens is 260 g/mol. The monoisotopic (exact) mass is 274 g/mol. The molecule has 0 atom stereocenters. The van der Waals surface area contributed by atoms with Crippen molar-refractivity contribution >= 4 is 22.5 Å².